The summed E-state index contributed by atoms with van der Waals surface area (Å²) >= 11 is 0. The molecule has 2 amide bonds. The van der Waals surface area contributed by atoms with Crippen LogP contribution >= 0.6 is 0 Å². The van der Waals surface area contributed by atoms with Gasteiger partial charge in [0.05, 0.1) is 0 Å². The fourth-order valence-corrected chi connectivity index (χ4v) is 1.62. The van der Waals surface area contributed by atoms with Crippen LogP contribution < -0.4 is 15.6 Å². The number of allylic oxidation sites excluding steroid dienone is 1. The average Bonchev–Trinajstić information content (AvgIpc) is 2.48. The van der Waals surface area contributed by atoms with Gasteiger partial charge in [-0.05, 0) is 36.8 Å². The molecule has 0 unspecified atom stereocenters. The highest BCUT2D eigenvalue weighted by molar-refractivity contribution is 5.88. The standard InChI is InChI=1S/C16H16N2O2/c1-2-6-13-9-11-15(12-10-13)20-18-16(19)17-14-7-4-3-5-8-14/h2-12H,1H3,(H2,17,18,19)/b6-2+. The van der Waals surface area contributed by atoms with Gasteiger partial charge in [0.2, 0.25) is 0 Å². The smallest absolute Gasteiger partial charge is 0.352 e. The largest absolute Gasteiger partial charge is 0.378 e. The quantitative estimate of drug-likeness (QED) is 0.828. The van der Waals surface area contributed by atoms with E-state index in [9.17, 15) is 4.79 Å². The maximum Gasteiger partial charge on any atom is 0.352 e. The third kappa shape index (κ3) is 4.17. The van der Waals surface area contributed by atoms with E-state index in [2.05, 4.69) is 10.8 Å². The predicted molar refractivity (Wildman–Crippen MR) is 80.4 cm³/mol. The van der Waals surface area contributed by atoms with Crippen LogP contribution in [0.5, 0.6) is 5.75 Å². The number of carbonyl (C=O) groups is 1. The topological polar surface area (TPSA) is 50.4 Å². The lowest BCUT2D eigenvalue weighted by molar-refractivity contribution is 0.189. The van der Waals surface area contributed by atoms with Crippen LogP contribution in [0.25, 0.3) is 6.08 Å². The van der Waals surface area contributed by atoms with E-state index in [0.717, 1.165) is 5.56 Å². The summed E-state index contributed by atoms with van der Waals surface area (Å²) in [7, 11) is 0. The first-order valence-electron chi connectivity index (χ1n) is 6.29. The Morgan fingerprint density at radius 2 is 1.75 bits per heavy atom. The predicted octanol–water partition coefficient (Wildman–Crippen LogP) is 3.84. The Morgan fingerprint density at radius 3 is 2.40 bits per heavy atom. The molecule has 0 heterocycles. The number of hydrogen-bond acceptors (Lipinski definition) is 2. The lowest BCUT2D eigenvalue weighted by Crippen LogP contribution is -2.31. The fourth-order valence-electron chi connectivity index (χ4n) is 1.62. The molecule has 0 bridgehead atoms. The highest BCUT2D eigenvalue weighted by Crippen LogP contribution is 2.12. The van der Waals surface area contributed by atoms with Crippen molar-refractivity contribution in [2.75, 3.05) is 5.32 Å². The number of para-hydroxylation sites is 1. The Morgan fingerprint density at radius 1 is 1.05 bits per heavy atom. The molecule has 20 heavy (non-hydrogen) atoms. The van der Waals surface area contributed by atoms with Gasteiger partial charge in [0, 0.05) is 5.69 Å². The van der Waals surface area contributed by atoms with E-state index in [-0.39, 0.29) is 0 Å². The molecule has 102 valence electrons. The lowest BCUT2D eigenvalue weighted by atomic mass is 10.2. The summed E-state index contributed by atoms with van der Waals surface area (Å²) in [4.78, 5) is 16.8. The summed E-state index contributed by atoms with van der Waals surface area (Å²) < 4.78 is 0. The van der Waals surface area contributed by atoms with Crippen molar-refractivity contribution in [2.24, 2.45) is 0 Å². The summed E-state index contributed by atoms with van der Waals surface area (Å²) in [5.74, 6) is 0.571. The molecule has 0 spiro atoms. The molecule has 0 radical (unpaired) electrons. The molecule has 0 aliphatic carbocycles. The van der Waals surface area contributed by atoms with Gasteiger partial charge >= 0.3 is 6.03 Å². The Hall–Kier alpha value is -2.75. The molecule has 0 atom stereocenters. The monoisotopic (exact) mass is 268 g/mol. The van der Waals surface area contributed by atoms with E-state index in [0.29, 0.717) is 11.4 Å². The molecule has 2 rings (SSSR count). The van der Waals surface area contributed by atoms with E-state index in [1.807, 2.05) is 49.4 Å². The van der Waals surface area contributed by atoms with Gasteiger partial charge in [-0.15, -0.1) is 0 Å². The average molecular weight is 268 g/mol. The van der Waals surface area contributed by atoms with Crippen molar-refractivity contribution in [1.29, 1.82) is 0 Å². The van der Waals surface area contributed by atoms with Crippen molar-refractivity contribution in [3.05, 3.63) is 66.2 Å². The summed E-state index contributed by atoms with van der Waals surface area (Å²) in [5, 5.41) is 2.66. The molecule has 4 heteroatoms. The van der Waals surface area contributed by atoms with E-state index < -0.39 is 6.03 Å². The minimum absolute atomic E-state index is 0.422. The van der Waals surface area contributed by atoms with Crippen molar-refractivity contribution in [1.82, 2.24) is 5.48 Å². The third-order valence-corrected chi connectivity index (χ3v) is 2.53. The van der Waals surface area contributed by atoms with Crippen LogP contribution in [0.15, 0.2) is 60.7 Å². The van der Waals surface area contributed by atoms with Gasteiger partial charge in [-0.3, -0.25) is 0 Å². The second-order valence-electron chi connectivity index (χ2n) is 4.09. The normalized spacial score (nSPS) is 10.2. The molecule has 0 saturated carbocycles. The van der Waals surface area contributed by atoms with Gasteiger partial charge in [-0.25, -0.2) is 4.79 Å². The van der Waals surface area contributed by atoms with Crippen molar-refractivity contribution in [2.45, 2.75) is 6.92 Å². The van der Waals surface area contributed by atoms with Gasteiger partial charge in [0.1, 0.15) is 0 Å². The van der Waals surface area contributed by atoms with Crippen LogP contribution in [0, 0.1) is 0 Å². The summed E-state index contributed by atoms with van der Waals surface area (Å²) in [6.07, 6.45) is 3.95. The van der Waals surface area contributed by atoms with Crippen LogP contribution in [0.1, 0.15) is 12.5 Å². The van der Waals surface area contributed by atoms with Crippen molar-refractivity contribution >= 4 is 17.8 Å². The molecule has 4 nitrogen and oxygen atoms in total. The Balaban J connectivity index is 1.84. The van der Waals surface area contributed by atoms with Crippen LogP contribution in [0.3, 0.4) is 0 Å². The first-order valence-corrected chi connectivity index (χ1v) is 6.29. The Labute approximate surface area is 118 Å². The minimum atomic E-state index is -0.422. The number of rotatable bonds is 4. The zero-order valence-electron chi connectivity index (χ0n) is 11.2. The zero-order valence-corrected chi connectivity index (χ0v) is 11.2. The molecular formula is C16H16N2O2. The number of nitrogens with one attached hydrogen (secondary N) is 2. The van der Waals surface area contributed by atoms with Crippen LogP contribution in [0.4, 0.5) is 10.5 Å². The molecule has 0 aliphatic rings. The number of anilines is 1. The van der Waals surface area contributed by atoms with Gasteiger partial charge < -0.3 is 10.2 Å². The number of amides is 2. The van der Waals surface area contributed by atoms with Crippen LogP contribution in [-0.2, 0) is 0 Å². The fraction of sp³-hybridized carbons (Fsp3) is 0.0625. The molecule has 0 fully saturated rings. The van der Waals surface area contributed by atoms with E-state index in [1.165, 1.54) is 0 Å². The van der Waals surface area contributed by atoms with Gasteiger partial charge in [0.25, 0.3) is 0 Å². The molecular weight excluding hydrogens is 252 g/mol. The number of urea groups is 1. The lowest BCUT2D eigenvalue weighted by Gasteiger charge is -2.08. The van der Waals surface area contributed by atoms with Crippen molar-refractivity contribution in [3.63, 3.8) is 0 Å². The highest BCUT2D eigenvalue weighted by atomic mass is 16.7. The zero-order chi connectivity index (χ0) is 14.2. The molecule has 2 aromatic rings. The highest BCUT2D eigenvalue weighted by Gasteiger charge is 2.01. The summed E-state index contributed by atoms with van der Waals surface area (Å²) in [5.41, 5.74) is 4.11. The molecule has 0 aliphatic heterocycles. The minimum Gasteiger partial charge on any atom is -0.378 e. The van der Waals surface area contributed by atoms with Crippen LogP contribution in [-0.4, -0.2) is 6.03 Å². The second kappa shape index (κ2) is 6.99. The second-order valence-corrected chi connectivity index (χ2v) is 4.09. The van der Waals surface area contributed by atoms with E-state index in [1.54, 1.807) is 24.3 Å². The molecule has 0 saturated heterocycles. The maximum absolute atomic E-state index is 11.6. The van der Waals surface area contributed by atoms with Crippen LogP contribution in [0.2, 0.25) is 0 Å². The van der Waals surface area contributed by atoms with Gasteiger partial charge in [-0.1, -0.05) is 42.5 Å². The number of benzene rings is 2. The number of carbonyl (C=O) groups excluding carboxylic acids is 1. The third-order valence-electron chi connectivity index (χ3n) is 2.53. The number of hydrogen-bond donors (Lipinski definition) is 2. The van der Waals surface area contributed by atoms with E-state index in [4.69, 9.17) is 4.84 Å². The molecule has 2 aromatic carbocycles. The summed E-state index contributed by atoms with van der Waals surface area (Å²) in [6, 6.07) is 16.1. The van der Waals surface area contributed by atoms with Crippen molar-refractivity contribution < 1.29 is 9.63 Å². The number of hydroxylamine groups is 1. The first-order chi connectivity index (χ1) is 9.78. The van der Waals surface area contributed by atoms with E-state index >= 15 is 0 Å². The van der Waals surface area contributed by atoms with Gasteiger partial charge in [0.15, 0.2) is 5.75 Å². The summed E-state index contributed by atoms with van der Waals surface area (Å²) in [6.45, 7) is 1.96. The molecule has 2 N–H and O–H groups in total. The first kappa shape index (κ1) is 13.7. The van der Waals surface area contributed by atoms with Gasteiger partial charge in [-0.2, -0.15) is 5.48 Å². The Kier molecular flexibility index (Phi) is 4.78. The maximum atomic E-state index is 11.6. The van der Waals surface area contributed by atoms with Crippen molar-refractivity contribution in [3.8, 4) is 5.75 Å². The Bertz CT molecular complexity index is 577. The molecule has 0 aromatic heterocycles. The SMILES string of the molecule is C/C=C/c1ccc(ONC(=O)Nc2ccccc2)cc1.